The number of pyridine rings is 1. The summed E-state index contributed by atoms with van der Waals surface area (Å²) in [5.74, 6) is 0.472. The zero-order valence-corrected chi connectivity index (χ0v) is 16.0. The molecule has 1 amide bonds. The summed E-state index contributed by atoms with van der Waals surface area (Å²) in [6.07, 6.45) is 1.75. The van der Waals surface area contributed by atoms with Crippen molar-refractivity contribution in [2.24, 2.45) is 0 Å². The van der Waals surface area contributed by atoms with Crippen molar-refractivity contribution in [1.29, 1.82) is 0 Å². The molecule has 5 heteroatoms. The lowest BCUT2D eigenvalue weighted by Gasteiger charge is -2.22. The van der Waals surface area contributed by atoms with Crippen LogP contribution in [-0.2, 0) is 4.79 Å². The number of nitrogens with zero attached hydrogens (tertiary/aromatic N) is 2. The molecule has 1 N–H and O–H groups in total. The number of carbonyl (C=O) groups is 1. The average molecular weight is 363 g/mol. The van der Waals surface area contributed by atoms with Crippen molar-refractivity contribution in [2.75, 3.05) is 29.9 Å². The molecular weight excluding hydrogens is 338 g/mol. The van der Waals surface area contributed by atoms with Crippen LogP contribution in [0.25, 0.3) is 10.9 Å². The zero-order valence-electron chi connectivity index (χ0n) is 16.0. The third-order valence-electron chi connectivity index (χ3n) is 4.56. The fourth-order valence-corrected chi connectivity index (χ4v) is 3.05. The highest BCUT2D eigenvalue weighted by atomic mass is 16.5. The van der Waals surface area contributed by atoms with Crippen molar-refractivity contribution in [3.8, 4) is 5.75 Å². The number of anilines is 2. The Labute approximate surface area is 160 Å². The Balaban J connectivity index is 1.61. The molecule has 0 saturated heterocycles. The highest BCUT2D eigenvalue weighted by molar-refractivity contribution is 5.93. The second-order valence-corrected chi connectivity index (χ2v) is 6.37. The van der Waals surface area contributed by atoms with Gasteiger partial charge in [-0.3, -0.25) is 9.78 Å². The van der Waals surface area contributed by atoms with E-state index in [-0.39, 0.29) is 12.5 Å². The van der Waals surface area contributed by atoms with Gasteiger partial charge in [0, 0.05) is 36.0 Å². The number of aromatic nitrogens is 1. The number of carbonyl (C=O) groups excluding carboxylic acids is 1. The molecule has 0 saturated carbocycles. The summed E-state index contributed by atoms with van der Waals surface area (Å²) in [6, 6.07) is 15.5. The number of fused-ring (bicyclic) bond motifs is 1. The standard InChI is InChI=1S/C22H25N3O2/c1-4-25(5-2)18-8-10-20(16(3)13-18)24-22(26)15-27-19-9-11-21-17(14-19)7-6-12-23-21/h6-14H,4-5,15H2,1-3H3,(H,24,26). The number of rotatable bonds is 7. The predicted molar refractivity (Wildman–Crippen MR) is 111 cm³/mol. The topological polar surface area (TPSA) is 54.5 Å². The minimum Gasteiger partial charge on any atom is -0.484 e. The Morgan fingerprint density at radius 1 is 1.11 bits per heavy atom. The van der Waals surface area contributed by atoms with E-state index >= 15 is 0 Å². The number of aryl methyl sites for hydroxylation is 1. The summed E-state index contributed by atoms with van der Waals surface area (Å²) < 4.78 is 5.64. The first-order valence-corrected chi connectivity index (χ1v) is 9.23. The Morgan fingerprint density at radius 2 is 1.93 bits per heavy atom. The molecule has 5 nitrogen and oxygen atoms in total. The van der Waals surface area contributed by atoms with E-state index in [0.717, 1.165) is 40.9 Å². The van der Waals surface area contributed by atoms with Gasteiger partial charge in [0.1, 0.15) is 5.75 Å². The van der Waals surface area contributed by atoms with Gasteiger partial charge in [0.15, 0.2) is 6.61 Å². The Morgan fingerprint density at radius 3 is 2.67 bits per heavy atom. The van der Waals surface area contributed by atoms with Crippen LogP contribution >= 0.6 is 0 Å². The van der Waals surface area contributed by atoms with Gasteiger partial charge in [-0.2, -0.15) is 0 Å². The van der Waals surface area contributed by atoms with Crippen LogP contribution in [0.4, 0.5) is 11.4 Å². The van der Waals surface area contributed by atoms with E-state index in [1.807, 2.05) is 49.4 Å². The maximum atomic E-state index is 12.3. The third kappa shape index (κ3) is 4.56. The number of nitrogens with one attached hydrogen (secondary N) is 1. The van der Waals surface area contributed by atoms with Crippen molar-refractivity contribution < 1.29 is 9.53 Å². The molecule has 0 aliphatic heterocycles. The molecule has 3 aromatic rings. The molecule has 1 aromatic heterocycles. The lowest BCUT2D eigenvalue weighted by Crippen LogP contribution is -2.23. The lowest BCUT2D eigenvalue weighted by molar-refractivity contribution is -0.118. The molecule has 140 valence electrons. The molecular formula is C22H25N3O2. The van der Waals surface area contributed by atoms with Gasteiger partial charge in [0.25, 0.3) is 5.91 Å². The number of amides is 1. The highest BCUT2D eigenvalue weighted by Crippen LogP contribution is 2.23. The molecule has 1 heterocycles. The van der Waals surface area contributed by atoms with Gasteiger partial charge in [-0.1, -0.05) is 6.07 Å². The summed E-state index contributed by atoms with van der Waals surface area (Å²) in [6.45, 7) is 8.14. The molecule has 0 radical (unpaired) electrons. The van der Waals surface area contributed by atoms with Gasteiger partial charge in [-0.15, -0.1) is 0 Å². The number of hydrogen-bond acceptors (Lipinski definition) is 4. The van der Waals surface area contributed by atoms with Gasteiger partial charge >= 0.3 is 0 Å². The van der Waals surface area contributed by atoms with E-state index in [1.54, 1.807) is 6.20 Å². The summed E-state index contributed by atoms with van der Waals surface area (Å²) in [7, 11) is 0. The first kappa shape index (κ1) is 18.7. The van der Waals surface area contributed by atoms with Crippen molar-refractivity contribution >= 4 is 28.2 Å². The molecule has 0 aliphatic rings. The molecule has 0 atom stereocenters. The molecule has 0 fully saturated rings. The maximum absolute atomic E-state index is 12.3. The van der Waals surface area contributed by atoms with E-state index < -0.39 is 0 Å². The molecule has 0 bridgehead atoms. The number of ether oxygens (including phenoxy) is 1. The maximum Gasteiger partial charge on any atom is 0.262 e. The van der Waals surface area contributed by atoms with Gasteiger partial charge < -0.3 is 15.0 Å². The summed E-state index contributed by atoms with van der Waals surface area (Å²) in [4.78, 5) is 18.8. The van der Waals surface area contributed by atoms with Crippen LogP contribution in [0.5, 0.6) is 5.75 Å². The van der Waals surface area contributed by atoms with E-state index in [2.05, 4.69) is 35.1 Å². The summed E-state index contributed by atoms with van der Waals surface area (Å²) in [5.41, 5.74) is 3.90. The Hall–Kier alpha value is -3.08. The van der Waals surface area contributed by atoms with Gasteiger partial charge in [0.2, 0.25) is 0 Å². The van der Waals surface area contributed by atoms with Crippen molar-refractivity contribution in [3.05, 3.63) is 60.3 Å². The lowest BCUT2D eigenvalue weighted by atomic mass is 10.1. The average Bonchev–Trinajstić information content (AvgIpc) is 2.69. The fraction of sp³-hybridized carbons (Fsp3) is 0.273. The van der Waals surface area contributed by atoms with Crippen LogP contribution < -0.4 is 15.0 Å². The van der Waals surface area contributed by atoms with E-state index in [1.165, 1.54) is 0 Å². The van der Waals surface area contributed by atoms with Crippen LogP contribution in [0.3, 0.4) is 0 Å². The second-order valence-electron chi connectivity index (χ2n) is 6.37. The van der Waals surface area contributed by atoms with Crippen LogP contribution in [0.15, 0.2) is 54.7 Å². The molecule has 0 spiro atoms. The highest BCUT2D eigenvalue weighted by Gasteiger charge is 2.09. The number of benzene rings is 2. The van der Waals surface area contributed by atoms with Crippen LogP contribution in [0.2, 0.25) is 0 Å². The molecule has 0 unspecified atom stereocenters. The van der Waals surface area contributed by atoms with Crippen molar-refractivity contribution in [1.82, 2.24) is 4.98 Å². The molecule has 0 aliphatic carbocycles. The van der Waals surface area contributed by atoms with Crippen molar-refractivity contribution in [2.45, 2.75) is 20.8 Å². The molecule has 3 rings (SSSR count). The van der Waals surface area contributed by atoms with E-state index in [0.29, 0.717) is 5.75 Å². The minimum absolute atomic E-state index is 0.0387. The SMILES string of the molecule is CCN(CC)c1ccc(NC(=O)COc2ccc3ncccc3c2)c(C)c1. The zero-order chi connectivity index (χ0) is 19.2. The quantitative estimate of drug-likeness (QED) is 0.676. The van der Waals surface area contributed by atoms with Crippen molar-refractivity contribution in [3.63, 3.8) is 0 Å². The monoisotopic (exact) mass is 363 g/mol. The smallest absolute Gasteiger partial charge is 0.262 e. The van der Waals surface area contributed by atoms with Gasteiger partial charge in [-0.05, 0) is 68.8 Å². The number of hydrogen-bond donors (Lipinski definition) is 1. The van der Waals surface area contributed by atoms with Crippen LogP contribution in [0, 0.1) is 6.92 Å². The third-order valence-corrected chi connectivity index (χ3v) is 4.56. The minimum atomic E-state index is -0.181. The van der Waals surface area contributed by atoms with E-state index in [9.17, 15) is 4.79 Å². The van der Waals surface area contributed by atoms with E-state index in [4.69, 9.17) is 4.74 Å². The second kappa shape index (κ2) is 8.54. The summed E-state index contributed by atoms with van der Waals surface area (Å²) >= 11 is 0. The first-order chi connectivity index (χ1) is 13.1. The summed E-state index contributed by atoms with van der Waals surface area (Å²) in [5, 5.41) is 3.91. The normalized spacial score (nSPS) is 10.6. The Kier molecular flexibility index (Phi) is 5.91. The Bertz CT molecular complexity index is 936. The largest absolute Gasteiger partial charge is 0.484 e. The van der Waals surface area contributed by atoms with Crippen LogP contribution in [0.1, 0.15) is 19.4 Å². The van der Waals surface area contributed by atoms with Gasteiger partial charge in [0.05, 0.1) is 5.52 Å². The fourth-order valence-electron chi connectivity index (χ4n) is 3.05. The predicted octanol–water partition coefficient (Wildman–Crippen LogP) is 4.41. The molecule has 27 heavy (non-hydrogen) atoms. The molecule has 2 aromatic carbocycles. The first-order valence-electron chi connectivity index (χ1n) is 9.23. The van der Waals surface area contributed by atoms with Crippen LogP contribution in [-0.4, -0.2) is 30.6 Å². The van der Waals surface area contributed by atoms with Gasteiger partial charge in [-0.25, -0.2) is 0 Å².